The lowest BCUT2D eigenvalue weighted by molar-refractivity contribution is 0.406. The number of rotatable bonds is 8. The van der Waals surface area contributed by atoms with Crippen molar-refractivity contribution in [1.29, 1.82) is 0 Å². The van der Waals surface area contributed by atoms with Crippen LogP contribution in [-0.4, -0.2) is 42.8 Å². The van der Waals surface area contributed by atoms with E-state index in [2.05, 4.69) is 20.6 Å². The first kappa shape index (κ1) is 20.5. The number of nitrogens with one attached hydrogen (secondary N) is 3. The average Bonchev–Trinajstić information content (AvgIpc) is 3.11. The van der Waals surface area contributed by atoms with Crippen LogP contribution in [0.2, 0.25) is 0 Å². The number of halogens is 1. The highest BCUT2D eigenvalue weighted by Crippen LogP contribution is 2.23. The smallest absolute Gasteiger partial charge is 0.191 e. The Hall–Kier alpha value is -3.22. The lowest BCUT2D eigenvalue weighted by Gasteiger charge is -2.11. The number of phenolic OH excluding ortho intramolecular Hbond substituents is 1. The first-order chi connectivity index (χ1) is 14.1. The molecule has 3 aromatic rings. The number of hydrogen-bond donors (Lipinski definition) is 4. The molecule has 0 radical (unpaired) electrons. The van der Waals surface area contributed by atoms with Crippen LogP contribution in [0.15, 0.2) is 47.6 Å². The second kappa shape index (κ2) is 9.82. The summed E-state index contributed by atoms with van der Waals surface area (Å²) in [5.41, 5.74) is 2.82. The number of phenols is 1. The topological polar surface area (TPSA) is 81.7 Å². The highest BCUT2D eigenvalue weighted by Gasteiger charge is 2.06. The van der Waals surface area contributed by atoms with Crippen molar-refractivity contribution in [2.75, 3.05) is 26.7 Å². The summed E-state index contributed by atoms with van der Waals surface area (Å²) in [5, 5.41) is 17.5. The van der Waals surface area contributed by atoms with Gasteiger partial charge in [-0.05, 0) is 55.2 Å². The Morgan fingerprint density at radius 1 is 1.14 bits per heavy atom. The Kier molecular flexibility index (Phi) is 6.94. The zero-order valence-corrected chi connectivity index (χ0v) is 16.8. The van der Waals surface area contributed by atoms with Crippen molar-refractivity contribution in [2.45, 2.75) is 19.8 Å². The fraction of sp³-hybridized carbons (Fsp3) is 0.318. The summed E-state index contributed by atoms with van der Waals surface area (Å²) in [6.07, 6.45) is 3.28. The number of methoxy groups -OCH3 is 1. The van der Waals surface area contributed by atoms with E-state index in [0.717, 1.165) is 35.0 Å². The largest absolute Gasteiger partial charge is 0.508 e. The standard InChI is InChI=1S/C22H27FN4O2/c1-3-24-22(25-10-8-15-4-6-18(29-2)13-21(15)28)26-11-9-16-14-27-20-7-5-17(23)12-19(16)20/h4-7,12-14,27-28H,3,8-11H2,1-2H3,(H2,24,25,26). The number of aromatic nitrogens is 1. The average molecular weight is 398 g/mol. The molecule has 0 unspecified atom stereocenters. The molecule has 7 heteroatoms. The Labute approximate surface area is 169 Å². The van der Waals surface area contributed by atoms with E-state index in [4.69, 9.17) is 4.74 Å². The van der Waals surface area contributed by atoms with E-state index >= 15 is 0 Å². The van der Waals surface area contributed by atoms with Crippen molar-refractivity contribution in [3.63, 3.8) is 0 Å². The van der Waals surface area contributed by atoms with Crippen LogP contribution >= 0.6 is 0 Å². The van der Waals surface area contributed by atoms with Crippen molar-refractivity contribution >= 4 is 16.9 Å². The number of aromatic hydroxyl groups is 1. The van der Waals surface area contributed by atoms with Crippen LogP contribution in [0, 0.1) is 5.82 Å². The second-order valence-corrected chi connectivity index (χ2v) is 6.69. The van der Waals surface area contributed by atoms with Crippen molar-refractivity contribution in [2.24, 2.45) is 4.99 Å². The number of fused-ring (bicyclic) bond motifs is 1. The molecular formula is C22H27FN4O2. The molecule has 0 aliphatic rings. The number of aliphatic imine (C=N–C) groups is 1. The summed E-state index contributed by atoms with van der Waals surface area (Å²) in [4.78, 5) is 7.74. The van der Waals surface area contributed by atoms with Crippen LogP contribution in [0.1, 0.15) is 18.1 Å². The van der Waals surface area contributed by atoms with Crippen molar-refractivity contribution in [3.05, 3.63) is 59.5 Å². The van der Waals surface area contributed by atoms with Gasteiger partial charge in [0.05, 0.1) is 7.11 Å². The van der Waals surface area contributed by atoms with E-state index in [1.54, 1.807) is 25.3 Å². The summed E-state index contributed by atoms with van der Waals surface area (Å²) in [6, 6.07) is 10.0. The molecule has 1 aromatic heterocycles. The molecule has 0 bridgehead atoms. The third-order valence-electron chi connectivity index (χ3n) is 4.70. The zero-order valence-electron chi connectivity index (χ0n) is 16.8. The van der Waals surface area contributed by atoms with Crippen LogP contribution < -0.4 is 15.4 Å². The van der Waals surface area contributed by atoms with E-state index < -0.39 is 0 Å². The second-order valence-electron chi connectivity index (χ2n) is 6.69. The van der Waals surface area contributed by atoms with Gasteiger partial charge in [0, 0.05) is 42.8 Å². The fourth-order valence-electron chi connectivity index (χ4n) is 3.18. The number of ether oxygens (including phenoxy) is 1. The summed E-state index contributed by atoms with van der Waals surface area (Å²) < 4.78 is 18.6. The van der Waals surface area contributed by atoms with Crippen molar-refractivity contribution in [3.8, 4) is 11.5 Å². The molecule has 0 saturated carbocycles. The van der Waals surface area contributed by atoms with Gasteiger partial charge in [-0.25, -0.2) is 4.39 Å². The Morgan fingerprint density at radius 2 is 2.00 bits per heavy atom. The molecule has 4 N–H and O–H groups in total. The maximum Gasteiger partial charge on any atom is 0.191 e. The molecule has 0 saturated heterocycles. The maximum atomic E-state index is 13.5. The molecular weight excluding hydrogens is 371 g/mol. The van der Waals surface area contributed by atoms with Crippen LogP contribution in [0.4, 0.5) is 4.39 Å². The van der Waals surface area contributed by atoms with Crippen LogP contribution in [-0.2, 0) is 12.8 Å². The Balaban J connectivity index is 1.55. The summed E-state index contributed by atoms with van der Waals surface area (Å²) >= 11 is 0. The van der Waals surface area contributed by atoms with Crippen LogP contribution in [0.3, 0.4) is 0 Å². The van der Waals surface area contributed by atoms with E-state index in [1.165, 1.54) is 6.07 Å². The molecule has 1 heterocycles. The van der Waals surface area contributed by atoms with Gasteiger partial charge in [0.1, 0.15) is 17.3 Å². The first-order valence-electron chi connectivity index (χ1n) is 9.74. The molecule has 2 aromatic carbocycles. The van der Waals surface area contributed by atoms with Crippen molar-refractivity contribution < 1.29 is 14.2 Å². The predicted octanol–water partition coefficient (Wildman–Crippen LogP) is 3.36. The Bertz CT molecular complexity index is 984. The summed E-state index contributed by atoms with van der Waals surface area (Å²) in [6.45, 7) is 3.96. The Morgan fingerprint density at radius 3 is 2.76 bits per heavy atom. The molecule has 0 aliphatic heterocycles. The predicted molar refractivity (Wildman–Crippen MR) is 114 cm³/mol. The highest BCUT2D eigenvalue weighted by atomic mass is 19.1. The van der Waals surface area contributed by atoms with Gasteiger partial charge in [0.2, 0.25) is 0 Å². The van der Waals surface area contributed by atoms with Crippen LogP contribution in [0.25, 0.3) is 10.9 Å². The molecule has 0 atom stereocenters. The van der Waals surface area contributed by atoms with Gasteiger partial charge < -0.3 is 25.5 Å². The number of benzene rings is 2. The molecule has 154 valence electrons. The van der Waals surface area contributed by atoms with Crippen molar-refractivity contribution in [1.82, 2.24) is 15.6 Å². The molecule has 29 heavy (non-hydrogen) atoms. The number of guanidine groups is 1. The van der Waals surface area contributed by atoms with Gasteiger partial charge in [-0.1, -0.05) is 6.07 Å². The van der Waals surface area contributed by atoms with E-state index in [9.17, 15) is 9.50 Å². The lowest BCUT2D eigenvalue weighted by Crippen LogP contribution is -2.38. The molecule has 0 spiro atoms. The minimum absolute atomic E-state index is 0.212. The van der Waals surface area contributed by atoms with E-state index in [-0.39, 0.29) is 11.6 Å². The number of hydrogen-bond acceptors (Lipinski definition) is 3. The molecule has 0 amide bonds. The van der Waals surface area contributed by atoms with Gasteiger partial charge in [-0.15, -0.1) is 0 Å². The minimum Gasteiger partial charge on any atom is -0.508 e. The molecule has 6 nitrogen and oxygen atoms in total. The minimum atomic E-state index is -0.233. The number of H-pyrrole nitrogens is 1. The SMILES string of the molecule is CCNC(=NCCc1ccc(OC)cc1O)NCCc1c[nH]c2ccc(F)cc12. The third-order valence-corrected chi connectivity index (χ3v) is 4.70. The van der Waals surface area contributed by atoms with Gasteiger partial charge >= 0.3 is 0 Å². The summed E-state index contributed by atoms with van der Waals surface area (Å²) in [5.74, 6) is 1.32. The number of aromatic amines is 1. The molecule has 0 aliphatic carbocycles. The van der Waals surface area contributed by atoms with E-state index in [0.29, 0.717) is 31.2 Å². The molecule has 3 rings (SSSR count). The lowest BCUT2D eigenvalue weighted by atomic mass is 10.1. The van der Waals surface area contributed by atoms with Crippen LogP contribution in [0.5, 0.6) is 11.5 Å². The first-order valence-corrected chi connectivity index (χ1v) is 9.74. The van der Waals surface area contributed by atoms with Gasteiger partial charge in [0.15, 0.2) is 5.96 Å². The highest BCUT2D eigenvalue weighted by molar-refractivity contribution is 5.83. The third kappa shape index (κ3) is 5.40. The fourth-order valence-corrected chi connectivity index (χ4v) is 3.18. The normalized spacial score (nSPS) is 11.6. The zero-order chi connectivity index (χ0) is 20.6. The summed E-state index contributed by atoms with van der Waals surface area (Å²) in [7, 11) is 1.57. The monoisotopic (exact) mass is 398 g/mol. The molecule has 0 fully saturated rings. The number of nitrogens with zero attached hydrogens (tertiary/aromatic N) is 1. The quantitative estimate of drug-likeness (QED) is 0.346. The van der Waals surface area contributed by atoms with Gasteiger partial charge in [-0.3, -0.25) is 4.99 Å². The van der Waals surface area contributed by atoms with Gasteiger partial charge in [0.25, 0.3) is 0 Å². The maximum absolute atomic E-state index is 13.5. The van der Waals surface area contributed by atoms with E-state index in [1.807, 2.05) is 25.3 Å². The van der Waals surface area contributed by atoms with Gasteiger partial charge in [-0.2, -0.15) is 0 Å².